The Bertz CT molecular complexity index is 3510. The molecule has 59 heavy (non-hydrogen) atoms. The molecule has 0 saturated carbocycles. The van der Waals surface area contributed by atoms with Gasteiger partial charge in [0.1, 0.15) is 5.52 Å². The van der Waals surface area contributed by atoms with E-state index in [0.717, 1.165) is 77.4 Å². The van der Waals surface area contributed by atoms with Crippen LogP contribution in [0, 0.1) is 0 Å². The van der Waals surface area contributed by atoms with Gasteiger partial charge in [-0.1, -0.05) is 140 Å². The first-order chi connectivity index (χ1) is 29.2. The van der Waals surface area contributed by atoms with E-state index in [1.165, 1.54) is 10.8 Å². The van der Waals surface area contributed by atoms with Gasteiger partial charge < -0.3 is 8.98 Å². The maximum atomic E-state index is 6.26. The number of hydrogen-bond donors (Lipinski definition) is 0. The molecule has 0 amide bonds. The number of hydrogen-bond acceptors (Lipinski definition) is 5. The van der Waals surface area contributed by atoms with Crippen molar-refractivity contribution < 1.29 is 4.42 Å². The Hall–Kier alpha value is -8.16. The van der Waals surface area contributed by atoms with Crippen molar-refractivity contribution in [1.29, 1.82) is 0 Å². The van der Waals surface area contributed by atoms with Gasteiger partial charge in [-0.3, -0.25) is 4.57 Å². The second kappa shape index (κ2) is 13.2. The third-order valence-electron chi connectivity index (χ3n) is 11.2. The van der Waals surface area contributed by atoms with Crippen LogP contribution in [0.4, 0.5) is 0 Å². The van der Waals surface area contributed by atoms with Crippen molar-refractivity contribution in [2.75, 3.05) is 0 Å². The van der Waals surface area contributed by atoms with Gasteiger partial charge in [-0.25, -0.2) is 15.0 Å². The zero-order valence-electron chi connectivity index (χ0n) is 31.6. The Morgan fingerprint density at radius 3 is 1.59 bits per heavy atom. The zero-order chi connectivity index (χ0) is 38.9. The van der Waals surface area contributed by atoms with Crippen molar-refractivity contribution in [1.82, 2.24) is 29.1 Å². The summed E-state index contributed by atoms with van der Waals surface area (Å²) >= 11 is 0. The lowest BCUT2D eigenvalue weighted by Crippen LogP contribution is -2.00. The van der Waals surface area contributed by atoms with Crippen LogP contribution in [-0.4, -0.2) is 29.1 Å². The first kappa shape index (κ1) is 33.0. The normalized spacial score (nSPS) is 11.7. The van der Waals surface area contributed by atoms with E-state index in [-0.39, 0.29) is 0 Å². The molecule has 0 spiro atoms. The molecular formula is C52H32N6O. The summed E-state index contributed by atoms with van der Waals surface area (Å²) in [7, 11) is 0. The molecule has 0 unspecified atom stereocenters. The lowest BCUT2D eigenvalue weighted by atomic mass is 10.0. The molecular weight excluding hydrogens is 725 g/mol. The maximum Gasteiger partial charge on any atom is 0.307 e. The molecule has 0 fully saturated rings. The summed E-state index contributed by atoms with van der Waals surface area (Å²) in [4.78, 5) is 20.1. The summed E-state index contributed by atoms with van der Waals surface area (Å²) < 4.78 is 10.7. The highest BCUT2D eigenvalue weighted by Gasteiger charge is 2.19. The Balaban J connectivity index is 0.960. The highest BCUT2D eigenvalue weighted by atomic mass is 16.4. The predicted molar refractivity (Wildman–Crippen MR) is 238 cm³/mol. The van der Waals surface area contributed by atoms with Crippen LogP contribution < -0.4 is 0 Å². The van der Waals surface area contributed by atoms with E-state index >= 15 is 0 Å². The Morgan fingerprint density at radius 1 is 0.322 bits per heavy atom. The fourth-order valence-corrected chi connectivity index (χ4v) is 8.44. The molecule has 0 radical (unpaired) electrons. The molecule has 12 rings (SSSR count). The topological polar surface area (TPSA) is 74.6 Å². The summed E-state index contributed by atoms with van der Waals surface area (Å²) in [6.07, 6.45) is 0. The first-order valence-electron chi connectivity index (χ1n) is 19.6. The molecule has 7 nitrogen and oxygen atoms in total. The van der Waals surface area contributed by atoms with E-state index in [2.05, 4.69) is 143 Å². The van der Waals surface area contributed by atoms with Gasteiger partial charge in [-0.15, -0.1) is 0 Å². The monoisotopic (exact) mass is 756 g/mol. The lowest BCUT2D eigenvalue weighted by Gasteiger charge is -2.11. The van der Waals surface area contributed by atoms with Crippen molar-refractivity contribution >= 4 is 54.7 Å². The summed E-state index contributed by atoms with van der Waals surface area (Å²) in [5, 5.41) is 4.64. The van der Waals surface area contributed by atoms with Crippen LogP contribution >= 0.6 is 0 Å². The highest BCUT2D eigenvalue weighted by Crippen LogP contribution is 2.37. The van der Waals surface area contributed by atoms with Crippen LogP contribution in [0.25, 0.3) is 112 Å². The Kier molecular flexibility index (Phi) is 7.40. The summed E-state index contributed by atoms with van der Waals surface area (Å²) in [5.41, 5.74) is 12.0. The van der Waals surface area contributed by atoms with Gasteiger partial charge in [0, 0.05) is 43.9 Å². The van der Waals surface area contributed by atoms with E-state index < -0.39 is 0 Å². The molecule has 0 N–H and O–H groups in total. The molecule has 0 saturated heterocycles. The molecule has 4 heterocycles. The van der Waals surface area contributed by atoms with Crippen molar-refractivity contribution in [3.63, 3.8) is 0 Å². The molecule has 8 aromatic carbocycles. The zero-order valence-corrected chi connectivity index (χ0v) is 31.6. The van der Waals surface area contributed by atoms with Gasteiger partial charge in [0.2, 0.25) is 0 Å². The summed E-state index contributed by atoms with van der Waals surface area (Å²) in [6, 6.07) is 67.6. The Morgan fingerprint density at radius 2 is 0.847 bits per heavy atom. The maximum absolute atomic E-state index is 6.26. The average Bonchev–Trinajstić information content (AvgIpc) is 3.99. The molecule has 4 aromatic heterocycles. The molecule has 0 bridgehead atoms. The third kappa shape index (κ3) is 5.44. The minimum Gasteiger partial charge on any atom is -0.423 e. The minimum atomic E-state index is 0.555. The van der Waals surface area contributed by atoms with Gasteiger partial charge in [-0.2, -0.15) is 4.98 Å². The summed E-state index contributed by atoms with van der Waals surface area (Å²) in [6.45, 7) is 0. The third-order valence-corrected chi connectivity index (χ3v) is 11.2. The molecule has 0 atom stereocenters. The SMILES string of the molecule is c1ccc(-c2nc(-c3ccc(-c4ccc5c(c4)c4ccccc4n5-c4nc5ccccc5o4)cc3)nc(-c3ccc4c5ccccc5n(-c5ccccc5)c4c3)n2)cc1. The van der Waals surface area contributed by atoms with E-state index in [1.807, 2.05) is 60.7 Å². The second-order valence-corrected chi connectivity index (χ2v) is 14.7. The fourth-order valence-electron chi connectivity index (χ4n) is 8.44. The van der Waals surface area contributed by atoms with Crippen LogP contribution in [0.1, 0.15) is 0 Å². The molecule has 12 aromatic rings. The van der Waals surface area contributed by atoms with Crippen molar-refractivity contribution in [3.8, 4) is 57.0 Å². The number of fused-ring (bicyclic) bond motifs is 7. The fraction of sp³-hybridized carbons (Fsp3) is 0. The van der Waals surface area contributed by atoms with Gasteiger partial charge in [0.25, 0.3) is 0 Å². The highest BCUT2D eigenvalue weighted by molar-refractivity contribution is 6.11. The number of para-hydroxylation sites is 5. The predicted octanol–water partition coefficient (Wildman–Crippen LogP) is 12.9. The number of benzene rings is 8. The van der Waals surface area contributed by atoms with Gasteiger partial charge in [-0.05, 0) is 65.7 Å². The molecule has 0 aliphatic heterocycles. The van der Waals surface area contributed by atoms with Crippen LogP contribution in [-0.2, 0) is 0 Å². The van der Waals surface area contributed by atoms with Gasteiger partial charge in [0.15, 0.2) is 23.1 Å². The van der Waals surface area contributed by atoms with Crippen LogP contribution in [0.3, 0.4) is 0 Å². The van der Waals surface area contributed by atoms with Gasteiger partial charge in [0.05, 0.1) is 22.1 Å². The first-order valence-corrected chi connectivity index (χ1v) is 19.6. The van der Waals surface area contributed by atoms with Crippen molar-refractivity contribution in [2.45, 2.75) is 0 Å². The summed E-state index contributed by atoms with van der Waals surface area (Å²) in [5.74, 6) is 1.85. The number of nitrogens with zero attached hydrogens (tertiary/aromatic N) is 6. The van der Waals surface area contributed by atoms with Crippen LogP contribution in [0.5, 0.6) is 0 Å². The standard InChI is InChI=1S/C52H32N6O/c1-3-13-34(14-4-1)49-54-50(56-51(55-49)37-27-29-41-39-17-7-10-20-44(39)57(47(41)32-37)38-15-5-2-6-16-38)35-25-23-33(24-26-35)36-28-30-46-42(31-36)40-18-8-11-21-45(40)58(46)52-53-43-19-9-12-22-48(43)59-52/h1-32H. The van der Waals surface area contributed by atoms with Crippen molar-refractivity contribution in [2.24, 2.45) is 0 Å². The number of rotatable bonds is 6. The smallest absolute Gasteiger partial charge is 0.307 e. The van der Waals surface area contributed by atoms with Crippen molar-refractivity contribution in [3.05, 3.63) is 194 Å². The lowest BCUT2D eigenvalue weighted by molar-refractivity contribution is 0.574. The average molecular weight is 757 g/mol. The minimum absolute atomic E-state index is 0.555. The van der Waals surface area contributed by atoms with E-state index in [0.29, 0.717) is 23.5 Å². The Labute approximate surface area is 338 Å². The van der Waals surface area contributed by atoms with Gasteiger partial charge >= 0.3 is 6.01 Å². The molecule has 7 heteroatoms. The second-order valence-electron chi connectivity index (χ2n) is 14.7. The van der Waals surface area contributed by atoms with E-state index in [9.17, 15) is 0 Å². The number of aromatic nitrogens is 6. The molecule has 0 aliphatic carbocycles. The van der Waals surface area contributed by atoms with Crippen LogP contribution in [0.15, 0.2) is 199 Å². The van der Waals surface area contributed by atoms with E-state index in [4.69, 9.17) is 24.4 Å². The molecule has 276 valence electrons. The van der Waals surface area contributed by atoms with E-state index in [1.54, 1.807) is 0 Å². The quantitative estimate of drug-likeness (QED) is 0.169. The molecule has 0 aliphatic rings. The number of oxazole rings is 1. The van der Waals surface area contributed by atoms with Crippen LogP contribution in [0.2, 0.25) is 0 Å². The largest absolute Gasteiger partial charge is 0.423 e.